The van der Waals surface area contributed by atoms with Crippen molar-refractivity contribution in [3.8, 4) is 23.0 Å². The SMILES string of the molecule is COc1ccc(OC)c(NC(=O)c2nnc(-c3cccc(F)c3)o2)c1. The van der Waals surface area contributed by atoms with Crippen LogP contribution in [0.5, 0.6) is 11.5 Å². The van der Waals surface area contributed by atoms with E-state index in [1.807, 2.05) is 0 Å². The minimum absolute atomic E-state index is 0.0438. The van der Waals surface area contributed by atoms with Gasteiger partial charge >= 0.3 is 11.8 Å². The molecule has 2 aromatic carbocycles. The van der Waals surface area contributed by atoms with E-state index in [9.17, 15) is 9.18 Å². The summed E-state index contributed by atoms with van der Waals surface area (Å²) in [5.74, 6) is -0.294. The molecule has 0 saturated heterocycles. The fourth-order valence-corrected chi connectivity index (χ4v) is 2.14. The van der Waals surface area contributed by atoms with Gasteiger partial charge in [-0.3, -0.25) is 4.79 Å². The second-order valence-corrected chi connectivity index (χ2v) is 4.94. The third-order valence-corrected chi connectivity index (χ3v) is 3.35. The summed E-state index contributed by atoms with van der Waals surface area (Å²) in [5.41, 5.74) is 0.767. The second-order valence-electron chi connectivity index (χ2n) is 4.94. The Hall–Kier alpha value is -3.42. The number of benzene rings is 2. The van der Waals surface area contributed by atoms with E-state index in [1.165, 1.54) is 32.4 Å². The van der Waals surface area contributed by atoms with Gasteiger partial charge in [-0.1, -0.05) is 6.07 Å². The standard InChI is InChI=1S/C17H14FN3O4/c1-23-12-6-7-14(24-2)13(9-12)19-15(22)17-21-20-16(25-17)10-4-3-5-11(18)8-10/h3-9H,1-2H3,(H,19,22). The van der Waals surface area contributed by atoms with Gasteiger partial charge in [0.05, 0.1) is 19.9 Å². The van der Waals surface area contributed by atoms with Gasteiger partial charge in [0.25, 0.3) is 0 Å². The number of amides is 1. The quantitative estimate of drug-likeness (QED) is 0.766. The number of aromatic nitrogens is 2. The maximum atomic E-state index is 13.3. The molecule has 0 saturated carbocycles. The first-order chi connectivity index (χ1) is 12.1. The Kier molecular flexibility index (Phi) is 4.60. The maximum absolute atomic E-state index is 13.3. The smallest absolute Gasteiger partial charge is 0.313 e. The normalized spacial score (nSPS) is 10.4. The molecule has 1 heterocycles. The predicted molar refractivity (Wildman–Crippen MR) is 87.2 cm³/mol. The van der Waals surface area contributed by atoms with Crippen LogP contribution < -0.4 is 14.8 Å². The summed E-state index contributed by atoms with van der Waals surface area (Å²) in [6, 6.07) is 10.6. The third-order valence-electron chi connectivity index (χ3n) is 3.35. The lowest BCUT2D eigenvalue weighted by Crippen LogP contribution is -2.13. The van der Waals surface area contributed by atoms with E-state index in [0.29, 0.717) is 22.7 Å². The van der Waals surface area contributed by atoms with Crippen molar-refractivity contribution in [2.75, 3.05) is 19.5 Å². The molecule has 0 spiro atoms. The number of nitrogens with one attached hydrogen (secondary N) is 1. The Morgan fingerprint density at radius 1 is 1.12 bits per heavy atom. The van der Waals surface area contributed by atoms with Gasteiger partial charge in [-0.15, -0.1) is 10.2 Å². The molecule has 7 nitrogen and oxygen atoms in total. The minimum Gasteiger partial charge on any atom is -0.497 e. The molecule has 3 rings (SSSR count). The zero-order chi connectivity index (χ0) is 17.8. The van der Waals surface area contributed by atoms with Crippen LogP contribution in [0.15, 0.2) is 46.9 Å². The molecule has 0 bridgehead atoms. The van der Waals surface area contributed by atoms with Crippen LogP contribution in [0.4, 0.5) is 10.1 Å². The second kappa shape index (κ2) is 7.00. The Bertz CT molecular complexity index is 910. The fraction of sp³-hybridized carbons (Fsp3) is 0.118. The van der Waals surface area contributed by atoms with Gasteiger partial charge in [-0.25, -0.2) is 4.39 Å². The van der Waals surface area contributed by atoms with Crippen LogP contribution in [0.2, 0.25) is 0 Å². The highest BCUT2D eigenvalue weighted by atomic mass is 19.1. The molecule has 0 unspecified atom stereocenters. The lowest BCUT2D eigenvalue weighted by atomic mass is 10.2. The summed E-state index contributed by atoms with van der Waals surface area (Å²) < 4.78 is 28.9. The van der Waals surface area contributed by atoms with Gasteiger partial charge in [0.2, 0.25) is 5.89 Å². The summed E-state index contributed by atoms with van der Waals surface area (Å²) in [7, 11) is 2.99. The fourth-order valence-electron chi connectivity index (χ4n) is 2.14. The summed E-state index contributed by atoms with van der Waals surface area (Å²) in [5, 5.41) is 10.1. The number of nitrogens with zero attached hydrogens (tertiary/aromatic N) is 2. The van der Waals surface area contributed by atoms with Crippen LogP contribution >= 0.6 is 0 Å². The highest BCUT2D eigenvalue weighted by molar-refractivity contribution is 6.02. The minimum atomic E-state index is -0.623. The molecular formula is C17H14FN3O4. The molecule has 25 heavy (non-hydrogen) atoms. The van der Waals surface area contributed by atoms with Crippen LogP contribution in [0.1, 0.15) is 10.7 Å². The van der Waals surface area contributed by atoms with Gasteiger partial charge in [0.1, 0.15) is 17.3 Å². The van der Waals surface area contributed by atoms with Gasteiger partial charge in [0.15, 0.2) is 0 Å². The number of anilines is 1. The first-order valence-electron chi connectivity index (χ1n) is 7.23. The van der Waals surface area contributed by atoms with E-state index >= 15 is 0 Å². The number of methoxy groups -OCH3 is 2. The van der Waals surface area contributed by atoms with E-state index in [-0.39, 0.29) is 11.8 Å². The van der Waals surface area contributed by atoms with Crippen molar-refractivity contribution >= 4 is 11.6 Å². The average molecular weight is 343 g/mol. The van der Waals surface area contributed by atoms with Crippen LogP contribution in [-0.2, 0) is 0 Å². The molecule has 1 N–H and O–H groups in total. The lowest BCUT2D eigenvalue weighted by Gasteiger charge is -2.10. The largest absolute Gasteiger partial charge is 0.497 e. The Morgan fingerprint density at radius 3 is 2.68 bits per heavy atom. The van der Waals surface area contributed by atoms with Crippen molar-refractivity contribution in [1.29, 1.82) is 0 Å². The van der Waals surface area contributed by atoms with Crippen LogP contribution in [0, 0.1) is 5.82 Å². The van der Waals surface area contributed by atoms with Crippen LogP contribution in [0.25, 0.3) is 11.5 Å². The molecule has 0 radical (unpaired) electrons. The molecule has 0 aliphatic carbocycles. The van der Waals surface area contributed by atoms with Crippen molar-refractivity contribution in [1.82, 2.24) is 10.2 Å². The molecule has 0 aliphatic rings. The zero-order valence-corrected chi connectivity index (χ0v) is 13.4. The number of ether oxygens (including phenoxy) is 2. The van der Waals surface area contributed by atoms with E-state index in [2.05, 4.69) is 15.5 Å². The number of carbonyl (C=O) groups excluding carboxylic acids is 1. The molecule has 0 fully saturated rings. The van der Waals surface area contributed by atoms with Gasteiger partial charge < -0.3 is 19.2 Å². The van der Waals surface area contributed by atoms with Crippen molar-refractivity contribution in [2.24, 2.45) is 0 Å². The Morgan fingerprint density at radius 2 is 1.96 bits per heavy atom. The van der Waals surface area contributed by atoms with E-state index < -0.39 is 11.7 Å². The third kappa shape index (κ3) is 3.57. The average Bonchev–Trinajstić information content (AvgIpc) is 3.12. The van der Waals surface area contributed by atoms with E-state index in [4.69, 9.17) is 13.9 Å². The zero-order valence-electron chi connectivity index (χ0n) is 13.4. The summed E-state index contributed by atoms with van der Waals surface area (Å²) >= 11 is 0. The van der Waals surface area contributed by atoms with Gasteiger partial charge in [-0.2, -0.15) is 0 Å². The molecule has 0 aliphatic heterocycles. The van der Waals surface area contributed by atoms with Crippen LogP contribution in [-0.4, -0.2) is 30.3 Å². The van der Waals surface area contributed by atoms with Crippen molar-refractivity contribution in [2.45, 2.75) is 0 Å². The number of hydrogen-bond acceptors (Lipinski definition) is 6. The molecular weight excluding hydrogens is 329 g/mol. The predicted octanol–water partition coefficient (Wildman–Crippen LogP) is 3.15. The number of hydrogen-bond donors (Lipinski definition) is 1. The number of rotatable bonds is 5. The Balaban J connectivity index is 1.83. The lowest BCUT2D eigenvalue weighted by molar-refractivity contribution is 0.0990. The van der Waals surface area contributed by atoms with E-state index in [1.54, 1.807) is 24.3 Å². The monoisotopic (exact) mass is 343 g/mol. The molecule has 8 heteroatoms. The molecule has 3 aromatic rings. The molecule has 128 valence electrons. The first kappa shape index (κ1) is 16.4. The van der Waals surface area contributed by atoms with Crippen molar-refractivity contribution in [3.63, 3.8) is 0 Å². The molecule has 0 atom stereocenters. The Labute approximate surface area is 142 Å². The first-order valence-corrected chi connectivity index (χ1v) is 7.23. The van der Waals surface area contributed by atoms with E-state index in [0.717, 1.165) is 0 Å². The summed E-state index contributed by atoms with van der Waals surface area (Å²) in [6.07, 6.45) is 0. The van der Waals surface area contributed by atoms with Crippen molar-refractivity contribution < 1.29 is 23.1 Å². The summed E-state index contributed by atoms with van der Waals surface area (Å²) in [4.78, 5) is 12.3. The topological polar surface area (TPSA) is 86.5 Å². The van der Waals surface area contributed by atoms with Crippen LogP contribution in [0.3, 0.4) is 0 Å². The van der Waals surface area contributed by atoms with Gasteiger partial charge in [-0.05, 0) is 30.3 Å². The van der Waals surface area contributed by atoms with Crippen molar-refractivity contribution in [3.05, 3.63) is 54.2 Å². The summed E-state index contributed by atoms with van der Waals surface area (Å²) in [6.45, 7) is 0. The highest BCUT2D eigenvalue weighted by Gasteiger charge is 2.18. The number of carbonyl (C=O) groups is 1. The van der Waals surface area contributed by atoms with Gasteiger partial charge in [0, 0.05) is 11.6 Å². The number of halogens is 1. The molecule has 1 aromatic heterocycles. The maximum Gasteiger partial charge on any atom is 0.313 e. The molecule has 1 amide bonds. The highest BCUT2D eigenvalue weighted by Crippen LogP contribution is 2.29.